The van der Waals surface area contributed by atoms with E-state index in [1.165, 1.54) is 12.1 Å². The molecule has 1 amide bonds. The number of rotatable bonds is 5. The molecule has 0 heterocycles. The van der Waals surface area contributed by atoms with Crippen molar-refractivity contribution in [3.63, 3.8) is 0 Å². The van der Waals surface area contributed by atoms with Gasteiger partial charge in [0.25, 0.3) is 5.91 Å². The number of halogens is 1. The molecule has 0 fully saturated rings. The highest BCUT2D eigenvalue weighted by Gasteiger charge is 2.21. The van der Waals surface area contributed by atoms with Gasteiger partial charge in [0, 0.05) is 18.8 Å². The summed E-state index contributed by atoms with van der Waals surface area (Å²) in [6, 6.07) is 2.96. The first-order valence-electron chi connectivity index (χ1n) is 6.75. The van der Waals surface area contributed by atoms with E-state index in [0.717, 1.165) is 6.42 Å². The molecule has 1 atom stereocenters. The molecule has 1 aromatic carbocycles. The zero-order chi connectivity index (χ0) is 14.6. The van der Waals surface area contributed by atoms with E-state index in [0.29, 0.717) is 30.3 Å². The second kappa shape index (κ2) is 6.55. The number of anilines is 1. The first kappa shape index (κ1) is 15.5. The van der Waals surface area contributed by atoms with Crippen LogP contribution in [0.25, 0.3) is 0 Å². The Morgan fingerprint density at radius 2 is 2.05 bits per heavy atom. The number of hydrogen-bond donors (Lipinski definition) is 1. The molecule has 0 radical (unpaired) electrons. The molecule has 4 heteroatoms. The Bertz CT molecular complexity index is 460. The van der Waals surface area contributed by atoms with Crippen LogP contribution in [0.5, 0.6) is 0 Å². The minimum atomic E-state index is -0.471. The molecule has 0 spiro atoms. The third-order valence-electron chi connectivity index (χ3n) is 3.41. The van der Waals surface area contributed by atoms with E-state index in [1.807, 2.05) is 6.92 Å². The smallest absolute Gasteiger partial charge is 0.256 e. The molecule has 1 aromatic rings. The summed E-state index contributed by atoms with van der Waals surface area (Å²) in [5, 5.41) is 0. The van der Waals surface area contributed by atoms with Crippen molar-refractivity contribution in [2.75, 3.05) is 18.8 Å². The molecule has 106 valence electrons. The molecule has 0 saturated carbocycles. The van der Waals surface area contributed by atoms with Gasteiger partial charge in [-0.05, 0) is 37.5 Å². The molecule has 1 rings (SSSR count). The molecular weight excluding hydrogens is 243 g/mol. The second-order valence-electron chi connectivity index (χ2n) is 5.06. The summed E-state index contributed by atoms with van der Waals surface area (Å²) in [6.45, 7) is 8.88. The van der Waals surface area contributed by atoms with Gasteiger partial charge < -0.3 is 10.6 Å². The van der Waals surface area contributed by atoms with Crippen LogP contribution in [0.2, 0.25) is 0 Å². The minimum Gasteiger partial charge on any atom is -0.399 e. The van der Waals surface area contributed by atoms with Crippen molar-refractivity contribution < 1.29 is 9.18 Å². The molecule has 19 heavy (non-hydrogen) atoms. The van der Waals surface area contributed by atoms with Crippen molar-refractivity contribution in [1.29, 1.82) is 0 Å². The van der Waals surface area contributed by atoms with Crippen LogP contribution >= 0.6 is 0 Å². The fourth-order valence-corrected chi connectivity index (χ4v) is 1.98. The second-order valence-corrected chi connectivity index (χ2v) is 5.06. The van der Waals surface area contributed by atoms with Gasteiger partial charge in [0.2, 0.25) is 0 Å². The molecule has 0 saturated heterocycles. The van der Waals surface area contributed by atoms with Gasteiger partial charge in [0.05, 0.1) is 5.56 Å². The average molecular weight is 266 g/mol. The van der Waals surface area contributed by atoms with Crippen LogP contribution in [0.1, 0.15) is 43.1 Å². The van der Waals surface area contributed by atoms with Gasteiger partial charge in [0.15, 0.2) is 0 Å². The van der Waals surface area contributed by atoms with Crippen molar-refractivity contribution in [3.05, 3.63) is 29.1 Å². The maximum Gasteiger partial charge on any atom is 0.256 e. The van der Waals surface area contributed by atoms with Gasteiger partial charge >= 0.3 is 0 Å². The van der Waals surface area contributed by atoms with Crippen LogP contribution in [-0.4, -0.2) is 23.9 Å². The predicted octanol–water partition coefficient (Wildman–Crippen LogP) is 3.22. The van der Waals surface area contributed by atoms with Gasteiger partial charge in [-0.1, -0.05) is 20.3 Å². The van der Waals surface area contributed by atoms with Crippen LogP contribution in [0.15, 0.2) is 12.1 Å². The Morgan fingerprint density at radius 1 is 1.42 bits per heavy atom. The van der Waals surface area contributed by atoms with Crippen molar-refractivity contribution in [1.82, 2.24) is 4.90 Å². The Balaban J connectivity index is 3.04. The Kier molecular flexibility index (Phi) is 5.33. The highest BCUT2D eigenvalue weighted by atomic mass is 19.1. The quantitative estimate of drug-likeness (QED) is 0.832. The lowest BCUT2D eigenvalue weighted by Crippen LogP contribution is -2.35. The molecule has 2 N–H and O–H groups in total. The van der Waals surface area contributed by atoms with Gasteiger partial charge in [0.1, 0.15) is 5.82 Å². The predicted molar refractivity (Wildman–Crippen MR) is 76.6 cm³/mol. The highest BCUT2D eigenvalue weighted by Crippen LogP contribution is 2.19. The fraction of sp³-hybridized carbons (Fsp3) is 0.533. The monoisotopic (exact) mass is 266 g/mol. The molecule has 0 aliphatic carbocycles. The number of hydrogen-bond acceptors (Lipinski definition) is 2. The lowest BCUT2D eigenvalue weighted by atomic mass is 10.1. The van der Waals surface area contributed by atoms with Crippen LogP contribution in [0.4, 0.5) is 10.1 Å². The minimum absolute atomic E-state index is 0.0719. The number of carbonyl (C=O) groups excluding carboxylic acids is 1. The highest BCUT2D eigenvalue weighted by molar-refractivity contribution is 5.95. The van der Waals surface area contributed by atoms with Gasteiger partial charge in [-0.3, -0.25) is 4.79 Å². The molecule has 0 aliphatic rings. The molecule has 0 bridgehead atoms. The van der Waals surface area contributed by atoms with Gasteiger partial charge in [-0.25, -0.2) is 4.39 Å². The summed E-state index contributed by atoms with van der Waals surface area (Å²) in [5.74, 6) is -0.355. The van der Waals surface area contributed by atoms with Gasteiger partial charge in [-0.15, -0.1) is 0 Å². The van der Waals surface area contributed by atoms with Crippen molar-refractivity contribution >= 4 is 11.6 Å². The topological polar surface area (TPSA) is 46.3 Å². The summed E-state index contributed by atoms with van der Waals surface area (Å²) in [4.78, 5) is 14.1. The maximum atomic E-state index is 14.0. The zero-order valence-electron chi connectivity index (χ0n) is 12.2. The number of aryl methyl sites for hydroxylation is 1. The first-order valence-corrected chi connectivity index (χ1v) is 6.75. The van der Waals surface area contributed by atoms with Crippen molar-refractivity contribution in [3.8, 4) is 0 Å². The number of benzene rings is 1. The molecule has 3 nitrogen and oxygen atoms in total. The van der Waals surface area contributed by atoms with Gasteiger partial charge in [-0.2, -0.15) is 0 Å². The number of nitrogens with zero attached hydrogens (tertiary/aromatic N) is 1. The van der Waals surface area contributed by atoms with E-state index >= 15 is 0 Å². The summed E-state index contributed by atoms with van der Waals surface area (Å²) in [5.41, 5.74) is 6.59. The van der Waals surface area contributed by atoms with E-state index in [2.05, 4.69) is 13.8 Å². The zero-order valence-corrected chi connectivity index (χ0v) is 12.2. The standard InChI is InChI=1S/C15H23FN2O/c1-5-10(3)9-18(6-2)15(19)13-8-12(17)7-11(4)14(13)16/h7-8,10H,5-6,9,17H2,1-4H3. The molecule has 0 aliphatic heterocycles. The van der Waals surface area contributed by atoms with Crippen LogP contribution in [0, 0.1) is 18.7 Å². The fourth-order valence-electron chi connectivity index (χ4n) is 1.98. The number of carbonyl (C=O) groups is 1. The van der Waals surface area contributed by atoms with E-state index in [4.69, 9.17) is 5.73 Å². The molecule has 0 aromatic heterocycles. The normalized spacial score (nSPS) is 12.3. The molecule has 1 unspecified atom stereocenters. The Hall–Kier alpha value is -1.58. The van der Waals surface area contributed by atoms with E-state index < -0.39 is 5.82 Å². The van der Waals surface area contributed by atoms with Crippen molar-refractivity contribution in [2.24, 2.45) is 5.92 Å². The average Bonchev–Trinajstić information content (AvgIpc) is 2.38. The van der Waals surface area contributed by atoms with E-state index in [-0.39, 0.29) is 11.5 Å². The van der Waals surface area contributed by atoms with Crippen molar-refractivity contribution in [2.45, 2.75) is 34.1 Å². The molecular formula is C15H23FN2O. The number of nitrogen functional groups attached to an aromatic ring is 1. The third-order valence-corrected chi connectivity index (χ3v) is 3.41. The maximum absolute atomic E-state index is 14.0. The van der Waals surface area contributed by atoms with E-state index in [9.17, 15) is 9.18 Å². The Labute approximate surface area is 114 Å². The summed E-state index contributed by atoms with van der Waals surface area (Å²) >= 11 is 0. The lowest BCUT2D eigenvalue weighted by molar-refractivity contribution is 0.0736. The first-order chi connectivity index (χ1) is 8.90. The number of nitrogens with two attached hydrogens (primary N) is 1. The van der Waals surface area contributed by atoms with Crippen LogP contribution in [0.3, 0.4) is 0 Å². The summed E-state index contributed by atoms with van der Waals surface area (Å²) in [6.07, 6.45) is 0.988. The lowest BCUT2D eigenvalue weighted by Gasteiger charge is -2.24. The van der Waals surface area contributed by atoms with E-state index in [1.54, 1.807) is 11.8 Å². The van der Waals surface area contributed by atoms with Crippen LogP contribution < -0.4 is 5.73 Å². The SMILES string of the molecule is CCC(C)CN(CC)C(=O)c1cc(N)cc(C)c1F. The Morgan fingerprint density at radius 3 is 2.58 bits per heavy atom. The van der Waals surface area contributed by atoms with Crippen LogP contribution in [-0.2, 0) is 0 Å². The third kappa shape index (κ3) is 3.69. The summed E-state index contributed by atoms with van der Waals surface area (Å²) < 4.78 is 14.0. The number of amides is 1. The summed E-state index contributed by atoms with van der Waals surface area (Å²) in [7, 11) is 0. The largest absolute Gasteiger partial charge is 0.399 e.